The summed E-state index contributed by atoms with van der Waals surface area (Å²) in [6.07, 6.45) is -4.68. The van der Waals surface area contributed by atoms with Gasteiger partial charge in [-0.3, -0.25) is 4.79 Å². The van der Waals surface area contributed by atoms with E-state index in [2.05, 4.69) is 0 Å². The normalized spacial score (nSPS) is 11.9. The lowest BCUT2D eigenvalue weighted by atomic mass is 10.0. The standard InChI is InChI=1S/C12H14F3NO2/c1-7(2)18-6-11(17)9-5-8(12(13,14)15)3-4-10(9)16/h3-5,7H,6,16H2,1-2H3. The molecule has 1 aromatic carbocycles. The van der Waals surface area contributed by atoms with Crippen molar-refractivity contribution in [3.05, 3.63) is 29.3 Å². The largest absolute Gasteiger partial charge is 0.416 e. The Bertz CT molecular complexity index is 441. The summed E-state index contributed by atoms with van der Waals surface area (Å²) in [4.78, 5) is 11.7. The molecule has 2 N–H and O–H groups in total. The molecule has 0 heterocycles. The molecule has 0 amide bonds. The molecule has 18 heavy (non-hydrogen) atoms. The first-order valence-corrected chi connectivity index (χ1v) is 5.33. The third-order valence-corrected chi connectivity index (χ3v) is 2.23. The van der Waals surface area contributed by atoms with Crippen LogP contribution in [0.5, 0.6) is 0 Å². The molecule has 1 rings (SSSR count). The molecule has 0 aliphatic rings. The highest BCUT2D eigenvalue weighted by molar-refractivity contribution is 6.01. The van der Waals surface area contributed by atoms with Crippen molar-refractivity contribution in [3.63, 3.8) is 0 Å². The molecule has 100 valence electrons. The minimum Gasteiger partial charge on any atom is -0.398 e. The van der Waals surface area contributed by atoms with Crippen LogP contribution in [0.15, 0.2) is 18.2 Å². The number of nitrogen functional groups attached to an aromatic ring is 1. The minimum absolute atomic E-state index is 0.0142. The Morgan fingerprint density at radius 1 is 1.39 bits per heavy atom. The number of alkyl halides is 3. The van der Waals surface area contributed by atoms with Gasteiger partial charge in [-0.1, -0.05) is 0 Å². The summed E-state index contributed by atoms with van der Waals surface area (Å²) in [5.41, 5.74) is 4.45. The van der Waals surface area contributed by atoms with Crippen LogP contribution in [0.1, 0.15) is 29.8 Å². The van der Waals surface area contributed by atoms with E-state index in [9.17, 15) is 18.0 Å². The van der Waals surface area contributed by atoms with Crippen molar-refractivity contribution in [2.75, 3.05) is 12.3 Å². The first-order valence-electron chi connectivity index (χ1n) is 5.33. The van der Waals surface area contributed by atoms with Crippen LogP contribution >= 0.6 is 0 Å². The van der Waals surface area contributed by atoms with Crippen molar-refractivity contribution in [1.29, 1.82) is 0 Å². The molecule has 0 bridgehead atoms. The highest BCUT2D eigenvalue weighted by Crippen LogP contribution is 2.31. The molecule has 3 nitrogen and oxygen atoms in total. The van der Waals surface area contributed by atoms with E-state index in [1.165, 1.54) is 0 Å². The number of Topliss-reactive ketones (excluding diaryl/α,β-unsaturated/α-hetero) is 1. The number of carbonyl (C=O) groups is 1. The van der Waals surface area contributed by atoms with Gasteiger partial charge in [0.05, 0.1) is 11.7 Å². The number of ether oxygens (including phenoxy) is 1. The summed E-state index contributed by atoms with van der Waals surface area (Å²) in [5, 5.41) is 0. The van der Waals surface area contributed by atoms with Gasteiger partial charge in [0, 0.05) is 11.3 Å². The molecule has 0 atom stereocenters. The van der Waals surface area contributed by atoms with E-state index in [0.29, 0.717) is 0 Å². The van der Waals surface area contributed by atoms with Gasteiger partial charge in [0.25, 0.3) is 0 Å². The molecule has 0 radical (unpaired) electrons. The summed E-state index contributed by atoms with van der Waals surface area (Å²) < 4.78 is 42.5. The van der Waals surface area contributed by atoms with Gasteiger partial charge < -0.3 is 10.5 Å². The summed E-state index contributed by atoms with van der Waals surface area (Å²) in [5.74, 6) is -0.563. The van der Waals surface area contributed by atoms with Crippen LogP contribution in [0, 0.1) is 0 Å². The molecule has 0 aromatic heterocycles. The number of carbonyl (C=O) groups excluding carboxylic acids is 1. The summed E-state index contributed by atoms with van der Waals surface area (Å²) in [6, 6.07) is 2.67. The maximum atomic E-state index is 12.5. The van der Waals surface area contributed by atoms with E-state index in [1.807, 2.05) is 0 Å². The highest BCUT2D eigenvalue weighted by atomic mass is 19.4. The quantitative estimate of drug-likeness (QED) is 0.669. The van der Waals surface area contributed by atoms with E-state index in [1.54, 1.807) is 13.8 Å². The smallest absolute Gasteiger partial charge is 0.398 e. The van der Waals surface area contributed by atoms with Gasteiger partial charge in [-0.25, -0.2) is 0 Å². The highest BCUT2D eigenvalue weighted by Gasteiger charge is 2.31. The molecule has 0 saturated carbocycles. The van der Waals surface area contributed by atoms with Crippen LogP contribution in [0.3, 0.4) is 0 Å². The number of benzene rings is 1. The number of hydrogen-bond acceptors (Lipinski definition) is 3. The van der Waals surface area contributed by atoms with Crippen molar-refractivity contribution in [2.45, 2.75) is 26.1 Å². The SMILES string of the molecule is CC(C)OCC(=O)c1cc(C(F)(F)F)ccc1N. The molecule has 0 saturated heterocycles. The molecule has 0 spiro atoms. The van der Waals surface area contributed by atoms with E-state index >= 15 is 0 Å². The number of nitrogens with two attached hydrogens (primary N) is 1. The Hall–Kier alpha value is -1.56. The first kappa shape index (κ1) is 14.5. The fourth-order valence-electron chi connectivity index (χ4n) is 1.29. The van der Waals surface area contributed by atoms with Crippen LogP contribution in [-0.2, 0) is 10.9 Å². The lowest BCUT2D eigenvalue weighted by Gasteiger charge is -2.11. The van der Waals surface area contributed by atoms with Gasteiger partial charge in [-0.2, -0.15) is 13.2 Å². The summed E-state index contributed by atoms with van der Waals surface area (Å²) in [6.45, 7) is 3.16. The Kier molecular flexibility index (Phi) is 4.34. The van der Waals surface area contributed by atoms with Gasteiger partial charge >= 0.3 is 6.18 Å². The molecule has 0 aliphatic heterocycles. The Balaban J connectivity index is 2.97. The Labute approximate surface area is 103 Å². The fourth-order valence-corrected chi connectivity index (χ4v) is 1.29. The fraction of sp³-hybridized carbons (Fsp3) is 0.417. The second-order valence-corrected chi connectivity index (χ2v) is 4.08. The number of rotatable bonds is 4. The number of anilines is 1. The van der Waals surface area contributed by atoms with E-state index < -0.39 is 17.5 Å². The van der Waals surface area contributed by atoms with Gasteiger partial charge in [0.2, 0.25) is 0 Å². The lowest BCUT2D eigenvalue weighted by Crippen LogP contribution is -2.16. The van der Waals surface area contributed by atoms with Crippen LogP contribution in [0.25, 0.3) is 0 Å². The summed E-state index contributed by atoms with van der Waals surface area (Å²) in [7, 11) is 0. The monoisotopic (exact) mass is 261 g/mol. The predicted molar refractivity (Wildman–Crippen MR) is 61.3 cm³/mol. The molecule has 0 unspecified atom stereocenters. The van der Waals surface area contributed by atoms with Crippen molar-refractivity contribution >= 4 is 11.5 Å². The average Bonchev–Trinajstić information content (AvgIpc) is 2.24. The van der Waals surface area contributed by atoms with Gasteiger partial charge in [-0.15, -0.1) is 0 Å². The van der Waals surface area contributed by atoms with Crippen LogP contribution in [0.4, 0.5) is 18.9 Å². The first-order chi connectivity index (χ1) is 8.21. The molecule has 1 aromatic rings. The zero-order valence-electron chi connectivity index (χ0n) is 10.0. The number of halogens is 3. The topological polar surface area (TPSA) is 52.3 Å². The predicted octanol–water partition coefficient (Wildman–Crippen LogP) is 2.90. The maximum Gasteiger partial charge on any atom is 0.416 e. The zero-order chi connectivity index (χ0) is 13.9. The lowest BCUT2D eigenvalue weighted by molar-refractivity contribution is -0.137. The van der Waals surface area contributed by atoms with Crippen molar-refractivity contribution in [2.24, 2.45) is 0 Å². The second-order valence-electron chi connectivity index (χ2n) is 4.08. The average molecular weight is 261 g/mol. The zero-order valence-corrected chi connectivity index (χ0v) is 10.0. The van der Waals surface area contributed by atoms with Crippen LogP contribution < -0.4 is 5.73 Å². The molecule has 0 fully saturated rings. The number of ketones is 1. The van der Waals surface area contributed by atoms with Crippen molar-refractivity contribution in [3.8, 4) is 0 Å². The number of hydrogen-bond donors (Lipinski definition) is 1. The van der Waals surface area contributed by atoms with Crippen LogP contribution in [0.2, 0.25) is 0 Å². The van der Waals surface area contributed by atoms with Gasteiger partial charge in [-0.05, 0) is 32.0 Å². The van der Waals surface area contributed by atoms with Crippen molar-refractivity contribution < 1.29 is 22.7 Å². The third kappa shape index (κ3) is 3.73. The van der Waals surface area contributed by atoms with E-state index in [4.69, 9.17) is 10.5 Å². The van der Waals surface area contributed by atoms with Gasteiger partial charge in [0.15, 0.2) is 5.78 Å². The van der Waals surface area contributed by atoms with Crippen molar-refractivity contribution in [1.82, 2.24) is 0 Å². The van der Waals surface area contributed by atoms with Gasteiger partial charge in [0.1, 0.15) is 6.61 Å². The second kappa shape index (κ2) is 5.39. The Morgan fingerprint density at radius 2 is 2.00 bits per heavy atom. The van der Waals surface area contributed by atoms with E-state index in [0.717, 1.165) is 18.2 Å². The summed E-state index contributed by atoms with van der Waals surface area (Å²) >= 11 is 0. The minimum atomic E-state index is -4.50. The Morgan fingerprint density at radius 3 is 2.50 bits per heavy atom. The molecule has 6 heteroatoms. The van der Waals surface area contributed by atoms with Crippen LogP contribution in [-0.4, -0.2) is 18.5 Å². The molecule has 0 aliphatic carbocycles. The third-order valence-electron chi connectivity index (χ3n) is 2.23. The van der Waals surface area contributed by atoms with E-state index in [-0.39, 0.29) is 24.0 Å². The molecular formula is C12H14F3NO2. The molecular weight excluding hydrogens is 247 g/mol. The maximum absolute atomic E-state index is 12.5.